The lowest BCUT2D eigenvalue weighted by Gasteiger charge is -2.06. The number of methoxy groups -OCH3 is 1. The minimum atomic E-state index is -0.286. The number of hydrogen-bond donors (Lipinski definition) is 2. The van der Waals surface area contributed by atoms with Gasteiger partial charge in [0.2, 0.25) is 0 Å². The molecule has 22 heavy (non-hydrogen) atoms. The molecule has 0 fully saturated rings. The normalized spacial score (nSPS) is 10.5. The molecule has 0 radical (unpaired) electrons. The predicted molar refractivity (Wildman–Crippen MR) is 88.9 cm³/mol. The van der Waals surface area contributed by atoms with E-state index in [0.29, 0.717) is 11.6 Å². The second-order valence-electron chi connectivity index (χ2n) is 4.53. The summed E-state index contributed by atoms with van der Waals surface area (Å²) in [5.74, 6) is 0.750. The van der Waals surface area contributed by atoms with Crippen LogP contribution >= 0.6 is 11.6 Å². The Morgan fingerprint density at radius 3 is 2.82 bits per heavy atom. The van der Waals surface area contributed by atoms with E-state index in [1.54, 1.807) is 25.5 Å². The van der Waals surface area contributed by atoms with E-state index < -0.39 is 0 Å². The summed E-state index contributed by atoms with van der Waals surface area (Å²) in [6.07, 6.45) is 3.35. The van der Waals surface area contributed by atoms with Gasteiger partial charge in [-0.2, -0.15) is 0 Å². The second kappa shape index (κ2) is 8.10. The van der Waals surface area contributed by atoms with Gasteiger partial charge in [0.1, 0.15) is 5.75 Å². The van der Waals surface area contributed by atoms with E-state index in [2.05, 4.69) is 10.6 Å². The third-order valence-corrected chi connectivity index (χ3v) is 3.19. The lowest BCUT2D eigenvalue weighted by molar-refractivity contribution is 0.244. The fourth-order valence-corrected chi connectivity index (χ4v) is 2.10. The van der Waals surface area contributed by atoms with Gasteiger partial charge in [-0.25, -0.2) is 4.79 Å². The molecule has 0 bridgehead atoms. The standard InChI is InChI=1S/C17H17ClN2O2/c1-22-16-8-3-2-6-14(16)9-10-19-17(21)20-12-13-5-4-7-15(18)11-13/h2-11H,12H2,1H3,(H2,19,20,21)/b10-9+. The molecule has 114 valence electrons. The van der Waals surface area contributed by atoms with Crippen molar-refractivity contribution < 1.29 is 9.53 Å². The number of amides is 2. The second-order valence-corrected chi connectivity index (χ2v) is 4.97. The molecule has 2 aromatic carbocycles. The Morgan fingerprint density at radius 2 is 2.05 bits per heavy atom. The Balaban J connectivity index is 1.83. The molecule has 0 aliphatic rings. The van der Waals surface area contributed by atoms with Crippen molar-refractivity contribution in [2.45, 2.75) is 6.54 Å². The smallest absolute Gasteiger partial charge is 0.319 e. The minimum absolute atomic E-state index is 0.286. The van der Waals surface area contributed by atoms with E-state index >= 15 is 0 Å². The molecule has 2 rings (SSSR count). The van der Waals surface area contributed by atoms with E-state index in [0.717, 1.165) is 16.9 Å². The van der Waals surface area contributed by atoms with Crippen molar-refractivity contribution in [3.63, 3.8) is 0 Å². The molecular weight excluding hydrogens is 300 g/mol. The zero-order valence-corrected chi connectivity index (χ0v) is 12.9. The highest BCUT2D eigenvalue weighted by Gasteiger charge is 2.00. The van der Waals surface area contributed by atoms with Crippen molar-refractivity contribution in [1.29, 1.82) is 0 Å². The van der Waals surface area contributed by atoms with Gasteiger partial charge in [-0.15, -0.1) is 0 Å². The van der Waals surface area contributed by atoms with Gasteiger partial charge in [-0.1, -0.05) is 41.9 Å². The van der Waals surface area contributed by atoms with Gasteiger partial charge in [-0.05, 0) is 29.8 Å². The first-order valence-electron chi connectivity index (χ1n) is 6.77. The first-order valence-corrected chi connectivity index (χ1v) is 7.15. The molecule has 0 unspecified atom stereocenters. The third-order valence-electron chi connectivity index (χ3n) is 2.96. The topological polar surface area (TPSA) is 50.4 Å². The van der Waals surface area contributed by atoms with Gasteiger partial charge in [0.05, 0.1) is 7.11 Å². The van der Waals surface area contributed by atoms with Crippen molar-refractivity contribution in [1.82, 2.24) is 10.6 Å². The molecule has 5 heteroatoms. The summed E-state index contributed by atoms with van der Waals surface area (Å²) < 4.78 is 5.23. The summed E-state index contributed by atoms with van der Waals surface area (Å²) in [7, 11) is 1.61. The number of carbonyl (C=O) groups is 1. The van der Waals surface area contributed by atoms with Crippen LogP contribution < -0.4 is 15.4 Å². The van der Waals surface area contributed by atoms with Crippen molar-refractivity contribution in [2.75, 3.05) is 7.11 Å². The predicted octanol–water partition coefficient (Wildman–Crippen LogP) is 3.82. The van der Waals surface area contributed by atoms with Crippen molar-refractivity contribution in [3.8, 4) is 5.75 Å². The fourth-order valence-electron chi connectivity index (χ4n) is 1.89. The van der Waals surface area contributed by atoms with E-state index in [1.807, 2.05) is 42.5 Å². The summed E-state index contributed by atoms with van der Waals surface area (Å²) in [4.78, 5) is 11.7. The van der Waals surface area contributed by atoms with Crippen molar-refractivity contribution in [2.24, 2.45) is 0 Å². The van der Waals surface area contributed by atoms with Gasteiger partial charge in [0, 0.05) is 23.3 Å². The molecule has 0 atom stereocenters. The first kappa shape index (κ1) is 15.9. The number of benzene rings is 2. The molecule has 2 aromatic rings. The Kier molecular flexibility index (Phi) is 5.86. The number of ether oxygens (including phenoxy) is 1. The van der Waals surface area contributed by atoms with Crippen LogP contribution in [0.3, 0.4) is 0 Å². The third kappa shape index (κ3) is 4.82. The molecule has 0 heterocycles. The van der Waals surface area contributed by atoms with Gasteiger partial charge >= 0.3 is 6.03 Å². The molecule has 0 aliphatic heterocycles. The zero-order chi connectivity index (χ0) is 15.8. The van der Waals surface area contributed by atoms with Crippen molar-refractivity contribution >= 4 is 23.7 Å². The fraction of sp³-hybridized carbons (Fsp3) is 0.118. The highest BCUT2D eigenvalue weighted by atomic mass is 35.5. The SMILES string of the molecule is COc1ccccc1/C=C/NC(=O)NCc1cccc(Cl)c1. The summed E-state index contributed by atoms with van der Waals surface area (Å²) in [6.45, 7) is 0.412. The van der Waals surface area contributed by atoms with Crippen LogP contribution in [0.2, 0.25) is 5.02 Å². The minimum Gasteiger partial charge on any atom is -0.496 e. The first-order chi connectivity index (χ1) is 10.7. The largest absolute Gasteiger partial charge is 0.496 e. The van der Waals surface area contributed by atoms with Gasteiger partial charge in [-0.3, -0.25) is 0 Å². The Morgan fingerprint density at radius 1 is 1.23 bits per heavy atom. The Bertz CT molecular complexity index is 671. The van der Waals surface area contributed by atoms with Crippen LogP contribution in [0, 0.1) is 0 Å². The lowest BCUT2D eigenvalue weighted by atomic mass is 10.2. The van der Waals surface area contributed by atoms with Crippen LogP contribution in [0.4, 0.5) is 4.79 Å². The average Bonchev–Trinajstić information content (AvgIpc) is 2.53. The highest BCUT2D eigenvalue weighted by Crippen LogP contribution is 2.18. The van der Waals surface area contributed by atoms with Gasteiger partial charge < -0.3 is 15.4 Å². The zero-order valence-electron chi connectivity index (χ0n) is 12.2. The molecule has 2 amide bonds. The number of para-hydroxylation sites is 1. The quantitative estimate of drug-likeness (QED) is 0.881. The van der Waals surface area contributed by atoms with E-state index in [1.165, 1.54) is 0 Å². The maximum absolute atomic E-state index is 11.7. The van der Waals surface area contributed by atoms with Crippen molar-refractivity contribution in [3.05, 3.63) is 70.9 Å². The summed E-state index contributed by atoms with van der Waals surface area (Å²) in [6, 6.07) is 14.6. The van der Waals surface area contributed by atoms with Crippen LogP contribution in [0.5, 0.6) is 5.75 Å². The van der Waals surface area contributed by atoms with E-state index in [4.69, 9.17) is 16.3 Å². The van der Waals surface area contributed by atoms with E-state index in [-0.39, 0.29) is 6.03 Å². The Labute approximate surface area is 134 Å². The maximum atomic E-state index is 11.7. The molecular formula is C17H17ClN2O2. The van der Waals surface area contributed by atoms with Crippen LogP contribution in [0.15, 0.2) is 54.7 Å². The molecule has 2 N–H and O–H groups in total. The Hall–Kier alpha value is -2.46. The number of halogens is 1. The summed E-state index contributed by atoms with van der Waals surface area (Å²) in [5, 5.41) is 6.05. The molecule has 0 aliphatic carbocycles. The molecule has 0 saturated carbocycles. The summed E-state index contributed by atoms with van der Waals surface area (Å²) >= 11 is 5.89. The van der Waals surface area contributed by atoms with Crippen LogP contribution in [-0.4, -0.2) is 13.1 Å². The molecule has 4 nitrogen and oxygen atoms in total. The number of urea groups is 1. The van der Waals surface area contributed by atoms with Crippen LogP contribution in [-0.2, 0) is 6.54 Å². The van der Waals surface area contributed by atoms with Crippen LogP contribution in [0.25, 0.3) is 6.08 Å². The molecule has 0 aromatic heterocycles. The molecule has 0 spiro atoms. The average molecular weight is 317 g/mol. The molecule has 0 saturated heterocycles. The highest BCUT2D eigenvalue weighted by molar-refractivity contribution is 6.30. The van der Waals surface area contributed by atoms with Gasteiger partial charge in [0.15, 0.2) is 0 Å². The monoisotopic (exact) mass is 316 g/mol. The number of carbonyl (C=O) groups excluding carboxylic acids is 1. The maximum Gasteiger partial charge on any atom is 0.319 e. The van der Waals surface area contributed by atoms with E-state index in [9.17, 15) is 4.79 Å². The van der Waals surface area contributed by atoms with Crippen LogP contribution in [0.1, 0.15) is 11.1 Å². The number of nitrogens with one attached hydrogen (secondary N) is 2. The number of rotatable bonds is 5. The number of hydrogen-bond acceptors (Lipinski definition) is 2. The summed E-state index contributed by atoms with van der Waals surface area (Å²) in [5.41, 5.74) is 1.83. The lowest BCUT2D eigenvalue weighted by Crippen LogP contribution is -2.31. The van der Waals surface area contributed by atoms with Gasteiger partial charge in [0.25, 0.3) is 0 Å².